The summed E-state index contributed by atoms with van der Waals surface area (Å²) < 4.78 is 54.5. The van der Waals surface area contributed by atoms with E-state index in [1.807, 2.05) is 6.92 Å². The zero-order valence-electron chi connectivity index (χ0n) is 13.1. The average Bonchev–Trinajstić information content (AvgIpc) is 2.83. The van der Waals surface area contributed by atoms with Crippen LogP contribution in [0.3, 0.4) is 0 Å². The first-order valence-corrected chi connectivity index (χ1v) is 10.4. The van der Waals surface area contributed by atoms with Crippen molar-refractivity contribution in [3.05, 3.63) is 60.2 Å². The third kappa shape index (κ3) is 2.54. The van der Waals surface area contributed by atoms with E-state index in [9.17, 15) is 16.8 Å². The predicted molar refractivity (Wildman–Crippen MR) is 96.7 cm³/mol. The van der Waals surface area contributed by atoms with Crippen molar-refractivity contribution in [2.24, 2.45) is 0 Å². The van der Waals surface area contributed by atoms with Crippen LogP contribution < -0.4 is 9.44 Å². The van der Waals surface area contributed by atoms with Gasteiger partial charge < -0.3 is 0 Å². The van der Waals surface area contributed by atoms with Gasteiger partial charge >= 0.3 is 0 Å². The molecule has 0 unspecified atom stereocenters. The van der Waals surface area contributed by atoms with E-state index in [0.717, 1.165) is 5.56 Å². The molecule has 0 radical (unpaired) electrons. The molecule has 0 fully saturated rings. The standard InChI is InChI=1S/C17H14N2O4S2/c1-11-5-7-12(8-6-11)24(20,21)18-14-9-10-15-17-13(14)3-2-4-16(17)25(22,23)19-15/h2-10,18-19H,1H3. The van der Waals surface area contributed by atoms with Gasteiger partial charge in [0.25, 0.3) is 20.0 Å². The Morgan fingerprint density at radius 1 is 0.960 bits per heavy atom. The molecule has 3 aromatic carbocycles. The number of sulfonamides is 2. The zero-order chi connectivity index (χ0) is 17.8. The summed E-state index contributed by atoms with van der Waals surface area (Å²) in [5.74, 6) is 0. The third-order valence-electron chi connectivity index (χ3n) is 4.11. The summed E-state index contributed by atoms with van der Waals surface area (Å²) in [5, 5.41) is 1.02. The second-order valence-corrected chi connectivity index (χ2v) is 9.20. The topological polar surface area (TPSA) is 92.3 Å². The van der Waals surface area contributed by atoms with Crippen molar-refractivity contribution in [2.45, 2.75) is 16.7 Å². The normalized spacial score (nSPS) is 15.1. The minimum atomic E-state index is -3.78. The number of rotatable bonds is 3. The molecule has 6 nitrogen and oxygen atoms in total. The lowest BCUT2D eigenvalue weighted by molar-refractivity contribution is 0.600. The van der Waals surface area contributed by atoms with Gasteiger partial charge in [-0.2, -0.15) is 0 Å². The largest absolute Gasteiger partial charge is 0.279 e. The molecule has 4 rings (SSSR count). The molecule has 128 valence electrons. The SMILES string of the molecule is Cc1ccc(S(=O)(=O)Nc2ccc3c4c(cccc24)S(=O)(=O)N3)cc1. The molecule has 0 spiro atoms. The Hall–Kier alpha value is -2.58. The Balaban J connectivity index is 1.86. The van der Waals surface area contributed by atoms with Crippen LogP contribution in [-0.2, 0) is 20.0 Å². The first-order chi connectivity index (χ1) is 11.8. The van der Waals surface area contributed by atoms with Gasteiger partial charge in [0.15, 0.2) is 0 Å². The molecule has 0 saturated carbocycles. The van der Waals surface area contributed by atoms with Crippen molar-refractivity contribution < 1.29 is 16.8 Å². The van der Waals surface area contributed by atoms with Gasteiger partial charge in [0.2, 0.25) is 0 Å². The average molecular weight is 374 g/mol. The second kappa shape index (κ2) is 5.21. The Morgan fingerprint density at radius 2 is 1.68 bits per heavy atom. The van der Waals surface area contributed by atoms with Gasteiger partial charge in [-0.3, -0.25) is 9.44 Å². The molecule has 0 saturated heterocycles. The fraction of sp³-hybridized carbons (Fsp3) is 0.0588. The summed E-state index contributed by atoms with van der Waals surface area (Å²) in [6.07, 6.45) is 0. The maximum absolute atomic E-state index is 12.6. The summed E-state index contributed by atoms with van der Waals surface area (Å²) in [5.41, 5.74) is 1.74. The first-order valence-electron chi connectivity index (χ1n) is 7.46. The Bertz CT molecular complexity index is 1220. The highest BCUT2D eigenvalue weighted by molar-refractivity contribution is 7.93. The number of hydrogen-bond acceptors (Lipinski definition) is 4. The number of hydrogen-bond donors (Lipinski definition) is 2. The lowest BCUT2D eigenvalue weighted by atomic mass is 10.1. The summed E-state index contributed by atoms with van der Waals surface area (Å²) in [6, 6.07) is 14.4. The van der Waals surface area contributed by atoms with Crippen LogP contribution >= 0.6 is 0 Å². The molecule has 0 aromatic heterocycles. The van der Waals surface area contributed by atoms with Crippen LogP contribution in [0, 0.1) is 6.92 Å². The van der Waals surface area contributed by atoms with Crippen LogP contribution in [0.25, 0.3) is 10.8 Å². The lowest BCUT2D eigenvalue weighted by Gasteiger charge is -2.11. The van der Waals surface area contributed by atoms with Crippen molar-refractivity contribution in [1.29, 1.82) is 0 Å². The molecule has 0 atom stereocenters. The van der Waals surface area contributed by atoms with Crippen molar-refractivity contribution in [3.8, 4) is 0 Å². The van der Waals surface area contributed by atoms with Crippen LogP contribution in [-0.4, -0.2) is 16.8 Å². The molecule has 3 aromatic rings. The molecule has 1 heterocycles. The minimum absolute atomic E-state index is 0.145. The molecule has 8 heteroatoms. The quantitative estimate of drug-likeness (QED) is 0.737. The summed E-state index contributed by atoms with van der Waals surface area (Å²) in [6.45, 7) is 1.88. The molecule has 1 aliphatic heterocycles. The van der Waals surface area contributed by atoms with Crippen LogP contribution in [0.1, 0.15) is 5.56 Å². The Labute approximate surface area is 145 Å². The van der Waals surface area contributed by atoms with E-state index in [0.29, 0.717) is 22.1 Å². The molecule has 0 amide bonds. The molecule has 25 heavy (non-hydrogen) atoms. The van der Waals surface area contributed by atoms with Gasteiger partial charge in [0.1, 0.15) is 0 Å². The summed E-state index contributed by atoms with van der Waals surface area (Å²) >= 11 is 0. The van der Waals surface area contributed by atoms with E-state index in [-0.39, 0.29) is 9.79 Å². The number of aryl methyl sites for hydroxylation is 1. The second-order valence-electron chi connectivity index (χ2n) is 5.86. The van der Waals surface area contributed by atoms with Crippen molar-refractivity contribution in [2.75, 3.05) is 9.44 Å². The maximum Gasteiger partial charge on any atom is 0.262 e. The van der Waals surface area contributed by atoms with Gasteiger partial charge in [0.05, 0.1) is 21.2 Å². The van der Waals surface area contributed by atoms with E-state index in [1.165, 1.54) is 18.2 Å². The first kappa shape index (κ1) is 15.9. The molecule has 0 aliphatic carbocycles. The van der Waals surface area contributed by atoms with Crippen molar-refractivity contribution in [3.63, 3.8) is 0 Å². The maximum atomic E-state index is 12.6. The number of nitrogens with one attached hydrogen (secondary N) is 2. The van der Waals surface area contributed by atoms with Crippen LogP contribution in [0.4, 0.5) is 11.4 Å². The Morgan fingerprint density at radius 3 is 2.40 bits per heavy atom. The minimum Gasteiger partial charge on any atom is -0.279 e. The van der Waals surface area contributed by atoms with Crippen LogP contribution in [0.2, 0.25) is 0 Å². The van der Waals surface area contributed by atoms with E-state index in [1.54, 1.807) is 36.4 Å². The highest BCUT2D eigenvalue weighted by Gasteiger charge is 2.28. The smallest absolute Gasteiger partial charge is 0.262 e. The van der Waals surface area contributed by atoms with E-state index >= 15 is 0 Å². The summed E-state index contributed by atoms with van der Waals surface area (Å²) in [4.78, 5) is 0.295. The third-order valence-corrected chi connectivity index (χ3v) is 6.90. The molecular formula is C17H14N2O4S2. The van der Waals surface area contributed by atoms with E-state index in [2.05, 4.69) is 9.44 Å². The zero-order valence-corrected chi connectivity index (χ0v) is 14.8. The molecule has 0 bridgehead atoms. The predicted octanol–water partition coefficient (Wildman–Crippen LogP) is 3.06. The van der Waals surface area contributed by atoms with Crippen LogP contribution in [0.15, 0.2) is 64.4 Å². The van der Waals surface area contributed by atoms with Gasteiger partial charge in [-0.15, -0.1) is 0 Å². The van der Waals surface area contributed by atoms with Crippen molar-refractivity contribution >= 4 is 42.2 Å². The molecule has 2 N–H and O–H groups in total. The van der Waals surface area contributed by atoms with Gasteiger partial charge in [-0.05, 0) is 37.3 Å². The van der Waals surface area contributed by atoms with Gasteiger partial charge in [0, 0.05) is 10.8 Å². The summed E-state index contributed by atoms with van der Waals surface area (Å²) in [7, 11) is -7.38. The van der Waals surface area contributed by atoms with Crippen LogP contribution in [0.5, 0.6) is 0 Å². The van der Waals surface area contributed by atoms with E-state index in [4.69, 9.17) is 0 Å². The monoisotopic (exact) mass is 374 g/mol. The fourth-order valence-electron chi connectivity index (χ4n) is 2.89. The Kier molecular flexibility index (Phi) is 3.32. The van der Waals surface area contributed by atoms with E-state index < -0.39 is 20.0 Å². The molecular weight excluding hydrogens is 360 g/mol. The van der Waals surface area contributed by atoms with Crippen molar-refractivity contribution in [1.82, 2.24) is 0 Å². The highest BCUT2D eigenvalue weighted by atomic mass is 32.2. The highest BCUT2D eigenvalue weighted by Crippen LogP contribution is 2.40. The van der Waals surface area contributed by atoms with Gasteiger partial charge in [-0.25, -0.2) is 16.8 Å². The number of benzene rings is 3. The van der Waals surface area contributed by atoms with Gasteiger partial charge in [-0.1, -0.05) is 29.8 Å². The fourth-order valence-corrected chi connectivity index (χ4v) is 5.29. The lowest BCUT2D eigenvalue weighted by Crippen LogP contribution is -2.13. The number of anilines is 2. The molecule has 1 aliphatic rings.